The Labute approximate surface area is 143 Å². The first-order chi connectivity index (χ1) is 11.7. The molecular formula is C16H16ClN5O2. The molecule has 0 radical (unpaired) electrons. The highest BCUT2D eigenvalue weighted by Crippen LogP contribution is 2.20. The first-order valence-corrected chi connectivity index (χ1v) is 7.82. The molecule has 2 aromatic heterocycles. The van der Waals surface area contributed by atoms with Crippen molar-refractivity contribution >= 4 is 23.3 Å². The molecule has 0 saturated heterocycles. The molecule has 3 rings (SSSR count). The zero-order chi connectivity index (χ0) is 16.9. The van der Waals surface area contributed by atoms with Gasteiger partial charge >= 0.3 is 6.03 Å². The van der Waals surface area contributed by atoms with Gasteiger partial charge in [0.05, 0.1) is 41.0 Å². The third kappa shape index (κ3) is 3.75. The summed E-state index contributed by atoms with van der Waals surface area (Å²) in [6, 6.07) is 8.79. The average Bonchev–Trinajstić information content (AvgIpc) is 3.22. The molecule has 24 heavy (non-hydrogen) atoms. The normalized spacial score (nSPS) is 10.6. The van der Waals surface area contributed by atoms with Crippen molar-refractivity contribution in [1.82, 2.24) is 20.3 Å². The van der Waals surface area contributed by atoms with Crippen molar-refractivity contribution in [3.05, 3.63) is 59.2 Å². The first kappa shape index (κ1) is 16.1. The van der Waals surface area contributed by atoms with E-state index in [2.05, 4.69) is 20.9 Å². The van der Waals surface area contributed by atoms with Crippen molar-refractivity contribution in [2.75, 3.05) is 5.32 Å². The summed E-state index contributed by atoms with van der Waals surface area (Å²) in [6.07, 6.45) is 4.02. The standard InChI is InChI=1S/C16H16ClN5O2/c1-2-11-7-13(24-21-11)9-18-16(23)20-12-8-19-22(10-12)15-6-4-3-5-14(15)17/h3-8,10H,2,9H2,1H3,(H2,18,20,23). The second-order valence-electron chi connectivity index (χ2n) is 5.07. The van der Waals surface area contributed by atoms with E-state index in [1.807, 2.05) is 31.2 Å². The van der Waals surface area contributed by atoms with Gasteiger partial charge in [0, 0.05) is 6.07 Å². The lowest BCUT2D eigenvalue weighted by atomic mass is 10.3. The lowest BCUT2D eigenvalue weighted by Crippen LogP contribution is -2.27. The molecular weight excluding hydrogens is 330 g/mol. The summed E-state index contributed by atoms with van der Waals surface area (Å²) in [4.78, 5) is 11.9. The molecule has 0 aliphatic heterocycles. The maximum Gasteiger partial charge on any atom is 0.319 e. The topological polar surface area (TPSA) is 85.0 Å². The Morgan fingerprint density at radius 3 is 2.96 bits per heavy atom. The Hall–Kier alpha value is -2.80. The highest BCUT2D eigenvalue weighted by molar-refractivity contribution is 6.32. The third-order valence-corrected chi connectivity index (χ3v) is 3.65. The van der Waals surface area contributed by atoms with E-state index < -0.39 is 0 Å². The van der Waals surface area contributed by atoms with Gasteiger partial charge in [-0.15, -0.1) is 0 Å². The number of urea groups is 1. The summed E-state index contributed by atoms with van der Waals surface area (Å²) >= 11 is 6.13. The number of nitrogens with one attached hydrogen (secondary N) is 2. The monoisotopic (exact) mass is 345 g/mol. The minimum absolute atomic E-state index is 0.261. The Morgan fingerprint density at radius 1 is 1.38 bits per heavy atom. The molecule has 2 amide bonds. The van der Waals surface area contributed by atoms with E-state index >= 15 is 0 Å². The van der Waals surface area contributed by atoms with Crippen LogP contribution in [-0.2, 0) is 13.0 Å². The first-order valence-electron chi connectivity index (χ1n) is 7.44. The summed E-state index contributed by atoms with van der Waals surface area (Å²) < 4.78 is 6.71. The van der Waals surface area contributed by atoms with Gasteiger partial charge in [0.2, 0.25) is 0 Å². The Morgan fingerprint density at radius 2 is 2.21 bits per heavy atom. The van der Waals surface area contributed by atoms with Crippen LogP contribution in [0.25, 0.3) is 5.69 Å². The number of nitrogens with zero attached hydrogens (tertiary/aromatic N) is 3. The number of para-hydroxylation sites is 1. The quantitative estimate of drug-likeness (QED) is 0.742. The van der Waals surface area contributed by atoms with E-state index in [1.165, 1.54) is 0 Å². The third-order valence-electron chi connectivity index (χ3n) is 3.33. The molecule has 124 valence electrons. The molecule has 2 N–H and O–H groups in total. The fourth-order valence-electron chi connectivity index (χ4n) is 2.11. The molecule has 0 atom stereocenters. The smallest absolute Gasteiger partial charge is 0.319 e. The number of carbonyl (C=O) groups excluding carboxylic acids is 1. The molecule has 1 aromatic carbocycles. The van der Waals surface area contributed by atoms with Crippen molar-refractivity contribution in [3.8, 4) is 5.69 Å². The lowest BCUT2D eigenvalue weighted by molar-refractivity contribution is 0.250. The van der Waals surface area contributed by atoms with Crippen LogP contribution in [-0.4, -0.2) is 21.0 Å². The molecule has 0 aliphatic carbocycles. The minimum Gasteiger partial charge on any atom is -0.359 e. The van der Waals surface area contributed by atoms with Gasteiger partial charge in [-0.3, -0.25) is 0 Å². The SMILES string of the molecule is CCc1cc(CNC(=O)Nc2cnn(-c3ccccc3Cl)c2)on1. The van der Waals surface area contributed by atoms with Crippen LogP contribution in [0.5, 0.6) is 0 Å². The molecule has 0 aliphatic rings. The van der Waals surface area contributed by atoms with E-state index in [1.54, 1.807) is 23.1 Å². The number of hydrogen-bond donors (Lipinski definition) is 2. The molecule has 0 bridgehead atoms. The lowest BCUT2D eigenvalue weighted by Gasteiger charge is -2.04. The Balaban J connectivity index is 1.58. The maximum absolute atomic E-state index is 11.9. The second-order valence-corrected chi connectivity index (χ2v) is 5.48. The van der Waals surface area contributed by atoms with E-state index in [9.17, 15) is 4.79 Å². The van der Waals surface area contributed by atoms with Crippen molar-refractivity contribution in [2.45, 2.75) is 19.9 Å². The molecule has 0 spiro atoms. The summed E-state index contributed by atoms with van der Waals surface area (Å²) in [5.41, 5.74) is 2.15. The summed E-state index contributed by atoms with van der Waals surface area (Å²) in [5.74, 6) is 0.605. The predicted octanol–water partition coefficient (Wildman–Crippen LogP) is 3.40. The van der Waals surface area contributed by atoms with Crippen molar-refractivity contribution in [1.29, 1.82) is 0 Å². The van der Waals surface area contributed by atoms with Gasteiger partial charge in [0.1, 0.15) is 0 Å². The van der Waals surface area contributed by atoms with E-state index in [4.69, 9.17) is 16.1 Å². The van der Waals surface area contributed by atoms with Crippen LogP contribution in [0.1, 0.15) is 18.4 Å². The van der Waals surface area contributed by atoms with Crippen LogP contribution in [0.3, 0.4) is 0 Å². The molecule has 8 heteroatoms. The van der Waals surface area contributed by atoms with Crippen LogP contribution in [0.2, 0.25) is 5.02 Å². The second kappa shape index (κ2) is 7.18. The van der Waals surface area contributed by atoms with Gasteiger partial charge in [0.25, 0.3) is 0 Å². The number of benzene rings is 1. The number of aromatic nitrogens is 3. The van der Waals surface area contributed by atoms with Gasteiger partial charge in [-0.05, 0) is 18.6 Å². The molecule has 7 nitrogen and oxygen atoms in total. The van der Waals surface area contributed by atoms with E-state index in [-0.39, 0.29) is 12.6 Å². The summed E-state index contributed by atoms with van der Waals surface area (Å²) in [6.45, 7) is 2.25. The average molecular weight is 346 g/mol. The Bertz CT molecular complexity index is 842. The molecule has 3 aromatic rings. The fraction of sp³-hybridized carbons (Fsp3) is 0.188. The number of aryl methyl sites for hydroxylation is 1. The molecule has 0 saturated carbocycles. The zero-order valence-electron chi connectivity index (χ0n) is 13.0. The van der Waals surface area contributed by atoms with Crippen LogP contribution in [0.15, 0.2) is 47.2 Å². The number of carbonyl (C=O) groups is 1. The number of hydrogen-bond acceptors (Lipinski definition) is 4. The van der Waals surface area contributed by atoms with E-state index in [0.717, 1.165) is 17.8 Å². The van der Waals surface area contributed by atoms with Gasteiger partial charge in [-0.25, -0.2) is 9.48 Å². The van der Waals surface area contributed by atoms with Gasteiger partial charge in [-0.2, -0.15) is 5.10 Å². The Kier molecular flexibility index (Phi) is 4.81. The number of rotatable bonds is 5. The summed E-state index contributed by atoms with van der Waals surface area (Å²) in [7, 11) is 0. The fourth-order valence-corrected chi connectivity index (χ4v) is 2.33. The van der Waals surface area contributed by atoms with Crippen LogP contribution in [0.4, 0.5) is 10.5 Å². The molecule has 2 heterocycles. The molecule has 0 unspecified atom stereocenters. The zero-order valence-corrected chi connectivity index (χ0v) is 13.7. The van der Waals surface area contributed by atoms with Gasteiger partial charge < -0.3 is 15.2 Å². The van der Waals surface area contributed by atoms with Crippen molar-refractivity contribution < 1.29 is 9.32 Å². The predicted molar refractivity (Wildman–Crippen MR) is 90.3 cm³/mol. The summed E-state index contributed by atoms with van der Waals surface area (Å²) in [5, 5.41) is 14.0. The highest BCUT2D eigenvalue weighted by Gasteiger charge is 2.08. The highest BCUT2D eigenvalue weighted by atomic mass is 35.5. The van der Waals surface area contributed by atoms with Crippen LogP contribution >= 0.6 is 11.6 Å². The minimum atomic E-state index is -0.358. The maximum atomic E-state index is 11.9. The molecule has 0 fully saturated rings. The largest absolute Gasteiger partial charge is 0.359 e. The van der Waals surface area contributed by atoms with Crippen molar-refractivity contribution in [2.24, 2.45) is 0 Å². The van der Waals surface area contributed by atoms with Crippen LogP contribution < -0.4 is 10.6 Å². The van der Waals surface area contributed by atoms with Crippen molar-refractivity contribution in [3.63, 3.8) is 0 Å². The number of halogens is 1. The number of amides is 2. The van der Waals surface area contributed by atoms with E-state index in [0.29, 0.717) is 16.5 Å². The van der Waals surface area contributed by atoms with Gasteiger partial charge in [-0.1, -0.05) is 35.8 Å². The van der Waals surface area contributed by atoms with Crippen LogP contribution in [0, 0.1) is 0 Å². The van der Waals surface area contributed by atoms with Gasteiger partial charge in [0.15, 0.2) is 5.76 Å². The number of anilines is 1.